The summed E-state index contributed by atoms with van der Waals surface area (Å²) in [6.45, 7) is 7.95. The second-order valence-corrected chi connectivity index (χ2v) is 4.25. The van der Waals surface area contributed by atoms with Crippen LogP contribution >= 0.6 is 0 Å². The smallest absolute Gasteiger partial charge is 0.119 e. The van der Waals surface area contributed by atoms with Crippen LogP contribution in [0.5, 0.6) is 0 Å². The van der Waals surface area contributed by atoms with Crippen LogP contribution in [-0.4, -0.2) is 71.8 Å². The van der Waals surface area contributed by atoms with Crippen molar-refractivity contribution >= 4 is 0 Å². The Labute approximate surface area is 107 Å². The van der Waals surface area contributed by atoms with E-state index >= 15 is 0 Å². The summed E-state index contributed by atoms with van der Waals surface area (Å²) in [5.74, 6) is 0. The lowest BCUT2D eigenvalue weighted by Crippen LogP contribution is -2.60. The number of aromatic nitrogens is 3. The third-order valence-corrected chi connectivity index (χ3v) is 3.01. The molecule has 3 rings (SSSR count). The van der Waals surface area contributed by atoms with Gasteiger partial charge in [-0.15, -0.1) is 0 Å². The molecule has 0 aromatic carbocycles. The molecule has 0 saturated carbocycles. The molecule has 2 aliphatic rings. The van der Waals surface area contributed by atoms with Gasteiger partial charge >= 0.3 is 0 Å². The zero-order chi connectivity index (χ0) is 12.5. The van der Waals surface area contributed by atoms with Crippen molar-refractivity contribution in [3.8, 4) is 0 Å². The maximum absolute atomic E-state index is 3.56. The second kappa shape index (κ2) is 8.04. The standard InChI is InChI=1S/C8H18N4.C3H3N3/c1-2-11-8(7-10-1)12-5-3-9-4-6-12;1-4-2-6-3-5-1/h8-11H,1-7H2;1-3H. The normalized spacial score (nSPS) is 25.0. The zero-order valence-electron chi connectivity index (χ0n) is 10.5. The third-order valence-electron chi connectivity index (χ3n) is 3.01. The Morgan fingerprint density at radius 1 is 0.833 bits per heavy atom. The van der Waals surface area contributed by atoms with Gasteiger partial charge < -0.3 is 10.6 Å². The SMILES string of the molecule is C1CN(C2CNCCN2)CCN1.c1ncncn1. The fraction of sp³-hybridized carbons (Fsp3) is 0.727. The summed E-state index contributed by atoms with van der Waals surface area (Å²) in [5, 5.41) is 10.3. The Balaban J connectivity index is 0.000000169. The fourth-order valence-electron chi connectivity index (χ4n) is 2.10. The summed E-state index contributed by atoms with van der Waals surface area (Å²) >= 11 is 0. The molecule has 3 N–H and O–H groups in total. The molecular formula is C11H21N7. The first kappa shape index (κ1) is 13.3. The lowest BCUT2D eigenvalue weighted by atomic mass is 10.3. The molecule has 0 bridgehead atoms. The number of piperazine rings is 2. The van der Waals surface area contributed by atoms with E-state index in [9.17, 15) is 0 Å². The molecule has 7 nitrogen and oxygen atoms in total. The minimum absolute atomic E-state index is 0.570. The van der Waals surface area contributed by atoms with Crippen LogP contribution in [0.1, 0.15) is 0 Å². The van der Waals surface area contributed by atoms with E-state index in [1.54, 1.807) is 0 Å². The van der Waals surface area contributed by atoms with Crippen LogP contribution in [0.4, 0.5) is 0 Å². The molecular weight excluding hydrogens is 230 g/mol. The summed E-state index contributed by atoms with van der Waals surface area (Å²) in [5.41, 5.74) is 0. The van der Waals surface area contributed by atoms with Crippen LogP contribution in [0.2, 0.25) is 0 Å². The van der Waals surface area contributed by atoms with Gasteiger partial charge in [0.1, 0.15) is 19.0 Å². The van der Waals surface area contributed by atoms with Crippen LogP contribution in [-0.2, 0) is 0 Å². The van der Waals surface area contributed by atoms with E-state index in [1.807, 2.05) is 0 Å². The Morgan fingerprint density at radius 3 is 2.00 bits per heavy atom. The fourth-order valence-corrected chi connectivity index (χ4v) is 2.10. The van der Waals surface area contributed by atoms with Crippen LogP contribution in [0.3, 0.4) is 0 Å². The molecule has 1 aromatic heterocycles. The molecule has 7 heteroatoms. The summed E-state index contributed by atoms with van der Waals surface area (Å²) in [6.07, 6.45) is 4.88. The van der Waals surface area contributed by atoms with Crippen molar-refractivity contribution in [1.29, 1.82) is 0 Å². The topological polar surface area (TPSA) is 78.0 Å². The second-order valence-electron chi connectivity index (χ2n) is 4.25. The van der Waals surface area contributed by atoms with Crippen LogP contribution < -0.4 is 16.0 Å². The first-order valence-electron chi connectivity index (χ1n) is 6.40. The summed E-state index contributed by atoms with van der Waals surface area (Å²) in [6, 6.07) is 0. The molecule has 0 aliphatic carbocycles. The Kier molecular flexibility index (Phi) is 5.93. The Bertz CT molecular complexity index is 253. The van der Waals surface area contributed by atoms with Crippen molar-refractivity contribution in [1.82, 2.24) is 35.8 Å². The highest BCUT2D eigenvalue weighted by Crippen LogP contribution is 1.99. The van der Waals surface area contributed by atoms with Gasteiger partial charge in [0.05, 0.1) is 6.17 Å². The summed E-state index contributed by atoms with van der Waals surface area (Å²) < 4.78 is 0. The predicted molar refractivity (Wildman–Crippen MR) is 68.9 cm³/mol. The van der Waals surface area contributed by atoms with Crippen molar-refractivity contribution in [2.24, 2.45) is 0 Å². The number of nitrogens with one attached hydrogen (secondary N) is 3. The lowest BCUT2D eigenvalue weighted by molar-refractivity contribution is 0.131. The quantitative estimate of drug-likeness (QED) is 0.548. The monoisotopic (exact) mass is 251 g/mol. The highest BCUT2D eigenvalue weighted by Gasteiger charge is 2.20. The van der Waals surface area contributed by atoms with Gasteiger partial charge in [0.2, 0.25) is 0 Å². The number of hydrogen-bond donors (Lipinski definition) is 3. The predicted octanol–water partition coefficient (Wildman–Crippen LogP) is -1.72. The molecule has 3 heterocycles. The highest BCUT2D eigenvalue weighted by atomic mass is 15.3. The molecule has 1 atom stereocenters. The van der Waals surface area contributed by atoms with Crippen molar-refractivity contribution in [3.63, 3.8) is 0 Å². The minimum Gasteiger partial charge on any atom is -0.314 e. The average Bonchev–Trinajstić information content (AvgIpc) is 2.51. The molecule has 0 spiro atoms. The molecule has 2 saturated heterocycles. The molecule has 2 fully saturated rings. The van der Waals surface area contributed by atoms with E-state index in [4.69, 9.17) is 0 Å². The van der Waals surface area contributed by atoms with E-state index < -0.39 is 0 Å². The summed E-state index contributed by atoms with van der Waals surface area (Å²) in [7, 11) is 0. The number of rotatable bonds is 1. The highest BCUT2D eigenvalue weighted by molar-refractivity contribution is 4.79. The minimum atomic E-state index is 0.570. The largest absolute Gasteiger partial charge is 0.314 e. The lowest BCUT2D eigenvalue weighted by Gasteiger charge is -2.37. The van der Waals surface area contributed by atoms with Crippen LogP contribution in [0.25, 0.3) is 0 Å². The maximum Gasteiger partial charge on any atom is 0.119 e. The van der Waals surface area contributed by atoms with Crippen molar-refractivity contribution < 1.29 is 0 Å². The van der Waals surface area contributed by atoms with Gasteiger partial charge in [-0.1, -0.05) is 0 Å². The van der Waals surface area contributed by atoms with E-state index in [0.29, 0.717) is 6.17 Å². The number of hydrogen-bond acceptors (Lipinski definition) is 7. The Hall–Kier alpha value is -1.15. The van der Waals surface area contributed by atoms with E-state index in [0.717, 1.165) is 32.7 Å². The van der Waals surface area contributed by atoms with Gasteiger partial charge in [-0.25, -0.2) is 15.0 Å². The van der Waals surface area contributed by atoms with Gasteiger partial charge in [0.25, 0.3) is 0 Å². The van der Waals surface area contributed by atoms with Gasteiger partial charge in [0.15, 0.2) is 0 Å². The van der Waals surface area contributed by atoms with Gasteiger partial charge in [-0.2, -0.15) is 0 Å². The molecule has 2 aliphatic heterocycles. The van der Waals surface area contributed by atoms with Gasteiger partial charge in [0, 0.05) is 45.8 Å². The molecule has 0 amide bonds. The van der Waals surface area contributed by atoms with Crippen molar-refractivity contribution in [2.75, 3.05) is 45.8 Å². The molecule has 18 heavy (non-hydrogen) atoms. The first-order chi connectivity index (χ1) is 8.97. The van der Waals surface area contributed by atoms with Gasteiger partial charge in [-0.05, 0) is 0 Å². The Morgan fingerprint density at radius 2 is 1.50 bits per heavy atom. The van der Waals surface area contributed by atoms with Crippen molar-refractivity contribution in [2.45, 2.75) is 6.17 Å². The van der Waals surface area contributed by atoms with E-state index in [1.165, 1.54) is 32.1 Å². The molecule has 0 radical (unpaired) electrons. The summed E-state index contributed by atoms with van der Waals surface area (Å²) in [4.78, 5) is 13.2. The number of nitrogens with zero attached hydrogens (tertiary/aromatic N) is 4. The van der Waals surface area contributed by atoms with Gasteiger partial charge in [-0.3, -0.25) is 10.2 Å². The average molecular weight is 251 g/mol. The van der Waals surface area contributed by atoms with Crippen LogP contribution in [0, 0.1) is 0 Å². The van der Waals surface area contributed by atoms with Crippen LogP contribution in [0.15, 0.2) is 19.0 Å². The third kappa shape index (κ3) is 4.61. The molecule has 1 aromatic rings. The molecule has 100 valence electrons. The first-order valence-corrected chi connectivity index (χ1v) is 6.40. The van der Waals surface area contributed by atoms with Crippen molar-refractivity contribution in [3.05, 3.63) is 19.0 Å². The van der Waals surface area contributed by atoms with E-state index in [2.05, 4.69) is 35.8 Å². The zero-order valence-corrected chi connectivity index (χ0v) is 10.5. The van der Waals surface area contributed by atoms with E-state index in [-0.39, 0.29) is 0 Å². The molecule has 1 unspecified atom stereocenters. The maximum atomic E-state index is 3.56.